The third-order valence-corrected chi connectivity index (χ3v) is 5.85. The quantitative estimate of drug-likeness (QED) is 0.267. The maximum atomic E-state index is 12.5. The van der Waals surface area contributed by atoms with Gasteiger partial charge in [0.05, 0.1) is 13.2 Å². The summed E-state index contributed by atoms with van der Waals surface area (Å²) in [7, 11) is 1.57. The van der Waals surface area contributed by atoms with Gasteiger partial charge in [-0.25, -0.2) is 0 Å². The van der Waals surface area contributed by atoms with Crippen molar-refractivity contribution in [1.82, 2.24) is 15.2 Å². The molecule has 2 aromatic heterocycles. The van der Waals surface area contributed by atoms with Gasteiger partial charge in [0.25, 0.3) is 5.91 Å². The molecule has 0 aliphatic carbocycles. The standard InChI is InChI=1S/C22H21BrN4O3S/c1-30-7-6-25-21(28)14-27-13-16(19-10-17(23)4-5-20(19)27)9-15(11-24)22(29)26-12-18-3-2-8-31-18/h2-5,8-10,13H,6-7,12,14H2,1H3,(H,25,28)(H,26,29)/b15-9+. The van der Waals surface area contributed by atoms with Gasteiger partial charge in [-0.2, -0.15) is 5.26 Å². The van der Waals surface area contributed by atoms with E-state index >= 15 is 0 Å². The van der Waals surface area contributed by atoms with Crippen molar-refractivity contribution in [2.45, 2.75) is 13.1 Å². The Morgan fingerprint density at radius 1 is 1.32 bits per heavy atom. The second kappa shape index (κ2) is 10.9. The summed E-state index contributed by atoms with van der Waals surface area (Å²) < 4.78 is 7.61. The van der Waals surface area contributed by atoms with E-state index in [1.54, 1.807) is 23.9 Å². The molecule has 0 bridgehead atoms. The molecule has 31 heavy (non-hydrogen) atoms. The van der Waals surface area contributed by atoms with Gasteiger partial charge >= 0.3 is 0 Å². The van der Waals surface area contributed by atoms with Gasteiger partial charge in [0.15, 0.2) is 0 Å². The number of fused-ring (bicyclic) bond motifs is 1. The predicted molar refractivity (Wildman–Crippen MR) is 124 cm³/mol. The molecule has 2 heterocycles. The first-order valence-electron chi connectivity index (χ1n) is 9.48. The van der Waals surface area contributed by atoms with Crippen LogP contribution in [0.4, 0.5) is 0 Å². The Morgan fingerprint density at radius 2 is 2.16 bits per heavy atom. The van der Waals surface area contributed by atoms with Crippen molar-refractivity contribution < 1.29 is 14.3 Å². The number of hydrogen-bond acceptors (Lipinski definition) is 5. The number of methoxy groups -OCH3 is 1. The number of carbonyl (C=O) groups excluding carboxylic acids is 2. The van der Waals surface area contributed by atoms with E-state index in [9.17, 15) is 14.9 Å². The molecule has 0 spiro atoms. The minimum Gasteiger partial charge on any atom is -0.383 e. The van der Waals surface area contributed by atoms with Crippen LogP contribution in [-0.2, 0) is 27.4 Å². The van der Waals surface area contributed by atoms with Gasteiger partial charge in [0.2, 0.25) is 5.91 Å². The van der Waals surface area contributed by atoms with Crippen LogP contribution in [0.15, 0.2) is 52.0 Å². The summed E-state index contributed by atoms with van der Waals surface area (Å²) >= 11 is 5.00. The van der Waals surface area contributed by atoms with Crippen LogP contribution in [0.2, 0.25) is 0 Å². The van der Waals surface area contributed by atoms with E-state index in [0.29, 0.717) is 25.3 Å². The van der Waals surface area contributed by atoms with E-state index in [1.165, 1.54) is 11.3 Å². The zero-order valence-corrected chi connectivity index (χ0v) is 19.3. The van der Waals surface area contributed by atoms with Crippen LogP contribution in [0, 0.1) is 11.3 Å². The van der Waals surface area contributed by atoms with Crippen LogP contribution >= 0.6 is 27.3 Å². The molecule has 2 N–H and O–H groups in total. The highest BCUT2D eigenvalue weighted by Gasteiger charge is 2.14. The lowest BCUT2D eigenvalue weighted by atomic mass is 10.1. The molecule has 1 aromatic carbocycles. The molecule has 0 atom stereocenters. The van der Waals surface area contributed by atoms with Crippen molar-refractivity contribution in [2.24, 2.45) is 0 Å². The van der Waals surface area contributed by atoms with Crippen LogP contribution < -0.4 is 10.6 Å². The van der Waals surface area contributed by atoms with E-state index in [-0.39, 0.29) is 18.0 Å². The number of amides is 2. The second-order valence-corrected chi connectivity index (χ2v) is 8.60. The molecule has 160 valence electrons. The fourth-order valence-corrected chi connectivity index (χ4v) is 4.03. The van der Waals surface area contributed by atoms with Gasteiger partial charge < -0.3 is 19.9 Å². The van der Waals surface area contributed by atoms with Gasteiger partial charge in [-0.05, 0) is 35.7 Å². The van der Waals surface area contributed by atoms with Crippen molar-refractivity contribution in [3.05, 3.63) is 62.4 Å². The van der Waals surface area contributed by atoms with Crippen molar-refractivity contribution in [1.29, 1.82) is 5.26 Å². The number of hydrogen-bond donors (Lipinski definition) is 2. The Kier molecular flexibility index (Phi) is 8.00. The van der Waals surface area contributed by atoms with E-state index in [4.69, 9.17) is 4.74 Å². The number of nitrogens with zero attached hydrogens (tertiary/aromatic N) is 2. The molecule has 9 heteroatoms. The van der Waals surface area contributed by atoms with Crippen LogP contribution in [0.1, 0.15) is 10.4 Å². The number of nitrogens with one attached hydrogen (secondary N) is 2. The highest BCUT2D eigenvalue weighted by Crippen LogP contribution is 2.27. The first-order chi connectivity index (χ1) is 15.0. The van der Waals surface area contributed by atoms with Crippen LogP contribution in [0.5, 0.6) is 0 Å². The summed E-state index contributed by atoms with van der Waals surface area (Å²) in [6, 6.07) is 11.5. The monoisotopic (exact) mass is 500 g/mol. The molecule has 0 aliphatic heterocycles. The highest BCUT2D eigenvalue weighted by atomic mass is 79.9. The van der Waals surface area contributed by atoms with E-state index in [0.717, 1.165) is 20.3 Å². The number of rotatable bonds is 9. The van der Waals surface area contributed by atoms with Crippen molar-refractivity contribution in [2.75, 3.05) is 20.3 Å². The smallest absolute Gasteiger partial charge is 0.262 e. The Morgan fingerprint density at radius 3 is 2.87 bits per heavy atom. The highest BCUT2D eigenvalue weighted by molar-refractivity contribution is 9.10. The van der Waals surface area contributed by atoms with Crippen LogP contribution in [-0.4, -0.2) is 36.6 Å². The SMILES string of the molecule is COCCNC(=O)Cn1cc(/C=C(\C#N)C(=O)NCc2cccs2)c2cc(Br)ccc21. The number of nitriles is 1. The van der Waals surface area contributed by atoms with Gasteiger partial charge in [-0.15, -0.1) is 11.3 Å². The molecular formula is C22H21BrN4O3S. The molecule has 0 fully saturated rings. The zero-order valence-electron chi connectivity index (χ0n) is 16.9. The number of halogens is 1. The first kappa shape index (κ1) is 22.7. The lowest BCUT2D eigenvalue weighted by Crippen LogP contribution is -2.30. The molecule has 2 amide bonds. The van der Waals surface area contributed by atoms with Gasteiger partial charge in [0, 0.05) is 45.7 Å². The second-order valence-electron chi connectivity index (χ2n) is 6.65. The predicted octanol–water partition coefficient (Wildman–Crippen LogP) is 3.45. The Bertz CT molecular complexity index is 1150. The molecule has 0 aliphatic rings. The Balaban J connectivity index is 1.85. The lowest BCUT2D eigenvalue weighted by Gasteiger charge is -2.07. The summed E-state index contributed by atoms with van der Waals surface area (Å²) in [6.07, 6.45) is 3.33. The fourth-order valence-electron chi connectivity index (χ4n) is 3.03. The fraction of sp³-hybridized carbons (Fsp3) is 0.227. The minimum absolute atomic E-state index is 0.000118. The number of ether oxygens (including phenoxy) is 1. The number of carbonyl (C=O) groups is 2. The Labute approximate surface area is 192 Å². The Hall–Kier alpha value is -2.93. The molecule has 7 nitrogen and oxygen atoms in total. The minimum atomic E-state index is -0.441. The summed E-state index contributed by atoms with van der Waals surface area (Å²) in [5.74, 6) is -0.592. The molecule has 3 aromatic rings. The van der Waals surface area contributed by atoms with Crippen LogP contribution in [0.25, 0.3) is 17.0 Å². The molecule has 0 saturated heterocycles. The average Bonchev–Trinajstić information content (AvgIpc) is 3.38. The number of benzene rings is 1. The molecular weight excluding hydrogens is 480 g/mol. The number of thiophene rings is 1. The molecule has 0 saturated carbocycles. The summed E-state index contributed by atoms with van der Waals surface area (Å²) in [4.78, 5) is 25.8. The normalized spacial score (nSPS) is 11.3. The molecule has 0 unspecified atom stereocenters. The van der Waals surface area contributed by atoms with Crippen molar-refractivity contribution in [3.8, 4) is 6.07 Å². The van der Waals surface area contributed by atoms with E-state index < -0.39 is 5.91 Å². The zero-order chi connectivity index (χ0) is 22.2. The number of aromatic nitrogens is 1. The molecule has 3 rings (SSSR count). The van der Waals surface area contributed by atoms with E-state index in [1.807, 2.05) is 41.8 Å². The summed E-state index contributed by atoms with van der Waals surface area (Å²) in [5, 5.41) is 17.9. The maximum Gasteiger partial charge on any atom is 0.262 e. The topological polar surface area (TPSA) is 96.2 Å². The van der Waals surface area contributed by atoms with Crippen molar-refractivity contribution >= 4 is 56.1 Å². The average molecular weight is 501 g/mol. The largest absolute Gasteiger partial charge is 0.383 e. The molecule has 0 radical (unpaired) electrons. The van der Waals surface area contributed by atoms with Gasteiger partial charge in [-0.1, -0.05) is 22.0 Å². The van der Waals surface area contributed by atoms with Crippen LogP contribution in [0.3, 0.4) is 0 Å². The van der Waals surface area contributed by atoms with Gasteiger partial charge in [0.1, 0.15) is 18.2 Å². The third kappa shape index (κ3) is 6.04. The summed E-state index contributed by atoms with van der Waals surface area (Å²) in [6.45, 7) is 1.34. The summed E-state index contributed by atoms with van der Waals surface area (Å²) in [5.41, 5.74) is 1.51. The maximum absolute atomic E-state index is 12.5. The third-order valence-electron chi connectivity index (χ3n) is 4.48. The van der Waals surface area contributed by atoms with E-state index in [2.05, 4.69) is 26.6 Å². The first-order valence-corrected chi connectivity index (χ1v) is 11.2. The van der Waals surface area contributed by atoms with Gasteiger partial charge in [-0.3, -0.25) is 9.59 Å². The van der Waals surface area contributed by atoms with Crippen molar-refractivity contribution in [3.63, 3.8) is 0 Å². The lowest BCUT2D eigenvalue weighted by molar-refractivity contribution is -0.121.